The van der Waals surface area contributed by atoms with E-state index in [1.165, 1.54) is 0 Å². The van der Waals surface area contributed by atoms with Gasteiger partial charge in [0.25, 0.3) is 0 Å². The second kappa shape index (κ2) is 13.4. The van der Waals surface area contributed by atoms with Gasteiger partial charge < -0.3 is 25.2 Å². The van der Waals surface area contributed by atoms with Crippen molar-refractivity contribution in [1.29, 1.82) is 0 Å². The molecule has 1 fully saturated rings. The molecule has 0 amide bonds. The zero-order valence-electron chi connectivity index (χ0n) is 18.3. The quantitative estimate of drug-likeness (QED) is 0.266. The summed E-state index contributed by atoms with van der Waals surface area (Å²) in [5, 5.41) is 16.5. The zero-order chi connectivity index (χ0) is 21.2. The third kappa shape index (κ3) is 8.22. The molecular weight excluding hydrogens is 505 g/mol. The van der Waals surface area contributed by atoms with E-state index in [1.54, 1.807) is 7.11 Å². The molecule has 0 unspecified atom stereocenters. The van der Waals surface area contributed by atoms with E-state index in [1.807, 2.05) is 48.5 Å². The molecule has 2 aromatic rings. The highest BCUT2D eigenvalue weighted by molar-refractivity contribution is 14.0. The largest absolute Gasteiger partial charge is 0.493 e. The SMILES string of the molecule is CCNC(=NCc1ccc(OCc2ccccc2)c(OC)c1)NC1CCC(O)CC1.I. The summed E-state index contributed by atoms with van der Waals surface area (Å²) in [5.41, 5.74) is 2.17. The molecule has 170 valence electrons. The number of nitrogens with one attached hydrogen (secondary N) is 2. The van der Waals surface area contributed by atoms with Gasteiger partial charge in [0, 0.05) is 12.6 Å². The van der Waals surface area contributed by atoms with Crippen molar-refractivity contribution in [1.82, 2.24) is 10.6 Å². The number of nitrogens with zero attached hydrogens (tertiary/aromatic N) is 1. The van der Waals surface area contributed by atoms with Gasteiger partial charge in [-0.05, 0) is 55.9 Å². The van der Waals surface area contributed by atoms with E-state index in [9.17, 15) is 5.11 Å². The normalized spacial score (nSPS) is 18.6. The first-order valence-electron chi connectivity index (χ1n) is 10.7. The Kier molecular flexibility index (Phi) is 10.9. The van der Waals surface area contributed by atoms with Crippen LogP contribution in [0.1, 0.15) is 43.7 Å². The molecule has 0 atom stereocenters. The molecule has 1 saturated carbocycles. The van der Waals surface area contributed by atoms with Gasteiger partial charge in [0.05, 0.1) is 19.8 Å². The first-order chi connectivity index (χ1) is 14.7. The lowest BCUT2D eigenvalue weighted by molar-refractivity contribution is 0.120. The minimum absolute atomic E-state index is 0. The van der Waals surface area contributed by atoms with Crippen molar-refractivity contribution < 1.29 is 14.6 Å². The lowest BCUT2D eigenvalue weighted by atomic mass is 9.93. The standard InChI is InChI=1S/C24H33N3O3.HI/c1-3-25-24(27-20-10-12-21(28)13-11-20)26-16-19-9-14-22(23(15-19)29-2)30-17-18-7-5-4-6-8-18;/h4-9,14-15,20-21,28H,3,10-13,16-17H2,1-2H3,(H2,25,26,27);1H. The van der Waals surface area contributed by atoms with Crippen molar-refractivity contribution in [2.75, 3.05) is 13.7 Å². The van der Waals surface area contributed by atoms with Crippen LogP contribution in [0.2, 0.25) is 0 Å². The molecule has 0 bridgehead atoms. The summed E-state index contributed by atoms with van der Waals surface area (Å²) in [6, 6.07) is 16.4. The summed E-state index contributed by atoms with van der Waals surface area (Å²) in [5.74, 6) is 2.24. The number of guanidine groups is 1. The Morgan fingerprint density at radius 3 is 2.45 bits per heavy atom. The van der Waals surface area contributed by atoms with E-state index < -0.39 is 0 Å². The molecule has 6 nitrogen and oxygen atoms in total. The van der Waals surface area contributed by atoms with Crippen LogP contribution in [0.5, 0.6) is 11.5 Å². The molecule has 1 aliphatic carbocycles. The van der Waals surface area contributed by atoms with Crippen LogP contribution in [0.25, 0.3) is 0 Å². The molecule has 0 radical (unpaired) electrons. The molecular formula is C24H34IN3O3. The average molecular weight is 539 g/mol. The van der Waals surface area contributed by atoms with Crippen molar-refractivity contribution in [3.8, 4) is 11.5 Å². The van der Waals surface area contributed by atoms with Gasteiger partial charge in [-0.1, -0.05) is 36.4 Å². The number of hydrogen-bond acceptors (Lipinski definition) is 4. The number of rotatable bonds is 8. The van der Waals surface area contributed by atoms with Gasteiger partial charge in [0.1, 0.15) is 6.61 Å². The van der Waals surface area contributed by atoms with Crippen LogP contribution >= 0.6 is 24.0 Å². The molecule has 3 N–H and O–H groups in total. The van der Waals surface area contributed by atoms with E-state index in [0.29, 0.717) is 24.9 Å². The molecule has 1 aliphatic rings. The summed E-state index contributed by atoms with van der Waals surface area (Å²) in [7, 11) is 1.65. The smallest absolute Gasteiger partial charge is 0.191 e. The molecule has 0 aliphatic heterocycles. The highest BCUT2D eigenvalue weighted by Gasteiger charge is 2.20. The highest BCUT2D eigenvalue weighted by atomic mass is 127. The summed E-state index contributed by atoms with van der Waals surface area (Å²) in [4.78, 5) is 4.73. The third-order valence-electron chi connectivity index (χ3n) is 5.27. The molecule has 0 heterocycles. The molecule has 0 aromatic heterocycles. The number of benzene rings is 2. The van der Waals surface area contributed by atoms with E-state index in [-0.39, 0.29) is 30.1 Å². The van der Waals surface area contributed by atoms with Gasteiger partial charge in [-0.3, -0.25) is 0 Å². The minimum atomic E-state index is -0.155. The van der Waals surface area contributed by atoms with E-state index in [4.69, 9.17) is 14.5 Å². The Morgan fingerprint density at radius 2 is 1.77 bits per heavy atom. The Hall–Kier alpha value is -2.00. The minimum Gasteiger partial charge on any atom is -0.493 e. The maximum absolute atomic E-state index is 9.70. The predicted molar refractivity (Wildman–Crippen MR) is 135 cm³/mol. The van der Waals surface area contributed by atoms with Gasteiger partial charge in [-0.25, -0.2) is 4.99 Å². The first kappa shape index (κ1) is 25.3. The van der Waals surface area contributed by atoms with Crippen LogP contribution in [-0.2, 0) is 13.2 Å². The number of ether oxygens (including phenoxy) is 2. The number of methoxy groups -OCH3 is 1. The topological polar surface area (TPSA) is 75.1 Å². The molecule has 3 rings (SSSR count). The Bertz CT molecular complexity index is 809. The van der Waals surface area contributed by atoms with Crippen LogP contribution in [0, 0.1) is 0 Å². The Morgan fingerprint density at radius 1 is 1.03 bits per heavy atom. The van der Waals surface area contributed by atoms with Crippen LogP contribution in [0.15, 0.2) is 53.5 Å². The predicted octanol–water partition coefficient (Wildman–Crippen LogP) is 4.25. The van der Waals surface area contributed by atoms with Crippen molar-refractivity contribution in [3.05, 3.63) is 59.7 Å². The lowest BCUT2D eigenvalue weighted by Gasteiger charge is -2.27. The van der Waals surface area contributed by atoms with E-state index in [0.717, 1.165) is 55.1 Å². The number of aliphatic hydroxyl groups is 1. The number of hydrogen-bond donors (Lipinski definition) is 3. The fourth-order valence-electron chi connectivity index (χ4n) is 3.57. The highest BCUT2D eigenvalue weighted by Crippen LogP contribution is 2.29. The summed E-state index contributed by atoms with van der Waals surface area (Å²) >= 11 is 0. The average Bonchev–Trinajstić information content (AvgIpc) is 2.78. The molecule has 0 spiro atoms. The summed E-state index contributed by atoms with van der Waals surface area (Å²) in [6.07, 6.45) is 3.47. The number of halogens is 1. The summed E-state index contributed by atoms with van der Waals surface area (Å²) in [6.45, 7) is 3.90. The maximum atomic E-state index is 9.70. The second-order valence-corrected chi connectivity index (χ2v) is 7.60. The maximum Gasteiger partial charge on any atom is 0.191 e. The Balaban J connectivity index is 0.00000341. The zero-order valence-corrected chi connectivity index (χ0v) is 20.7. The van der Waals surface area contributed by atoms with Crippen LogP contribution in [0.3, 0.4) is 0 Å². The van der Waals surface area contributed by atoms with Crippen molar-refractivity contribution in [3.63, 3.8) is 0 Å². The fourth-order valence-corrected chi connectivity index (χ4v) is 3.57. The van der Waals surface area contributed by atoms with Crippen LogP contribution in [0.4, 0.5) is 0 Å². The lowest BCUT2D eigenvalue weighted by Crippen LogP contribution is -2.45. The number of aliphatic hydroxyl groups excluding tert-OH is 1. The molecule has 2 aromatic carbocycles. The van der Waals surface area contributed by atoms with E-state index in [2.05, 4.69) is 17.6 Å². The Labute approximate surface area is 202 Å². The van der Waals surface area contributed by atoms with Crippen molar-refractivity contribution in [2.24, 2.45) is 4.99 Å². The molecule has 0 saturated heterocycles. The van der Waals surface area contributed by atoms with Crippen molar-refractivity contribution in [2.45, 2.75) is 57.9 Å². The number of aliphatic imine (C=N–C) groups is 1. The van der Waals surface area contributed by atoms with Crippen LogP contribution < -0.4 is 20.1 Å². The second-order valence-electron chi connectivity index (χ2n) is 7.60. The van der Waals surface area contributed by atoms with Gasteiger partial charge in [-0.2, -0.15) is 0 Å². The molecule has 31 heavy (non-hydrogen) atoms. The first-order valence-corrected chi connectivity index (χ1v) is 10.7. The van der Waals surface area contributed by atoms with E-state index >= 15 is 0 Å². The third-order valence-corrected chi connectivity index (χ3v) is 5.27. The molecule has 7 heteroatoms. The van der Waals surface area contributed by atoms with Gasteiger partial charge >= 0.3 is 0 Å². The summed E-state index contributed by atoms with van der Waals surface area (Å²) < 4.78 is 11.5. The fraction of sp³-hybridized carbons (Fsp3) is 0.458. The van der Waals surface area contributed by atoms with Gasteiger partial charge in [-0.15, -0.1) is 24.0 Å². The van der Waals surface area contributed by atoms with Gasteiger partial charge in [0.15, 0.2) is 17.5 Å². The monoisotopic (exact) mass is 539 g/mol. The van der Waals surface area contributed by atoms with Gasteiger partial charge in [0.2, 0.25) is 0 Å². The van der Waals surface area contributed by atoms with Crippen molar-refractivity contribution >= 4 is 29.9 Å². The van der Waals surface area contributed by atoms with Crippen LogP contribution in [-0.4, -0.2) is 36.9 Å².